The van der Waals surface area contributed by atoms with Crippen LogP contribution in [-0.4, -0.2) is 0 Å². The van der Waals surface area contributed by atoms with Crippen LogP contribution in [0.1, 0.15) is 75.8 Å². The number of hydrogen-bond acceptors (Lipinski definition) is 0. The van der Waals surface area contributed by atoms with E-state index in [1.165, 1.54) is 62.6 Å². The summed E-state index contributed by atoms with van der Waals surface area (Å²) in [6.45, 7) is 2.97. The molecule has 27 heavy (non-hydrogen) atoms. The zero-order valence-electron chi connectivity index (χ0n) is 16.3. The Labute approximate surface area is 160 Å². The van der Waals surface area contributed by atoms with Gasteiger partial charge in [0.1, 0.15) is 5.82 Å². The van der Waals surface area contributed by atoms with E-state index in [4.69, 9.17) is 0 Å². The van der Waals surface area contributed by atoms with Crippen molar-refractivity contribution < 1.29 is 13.2 Å². The standard InChI is InChI=1S/C24H29F3/c1-3-4-5-17-6-8-18(9-7-17)19-10-12-20(13-11-19)21-14-15-22(23(25)16-21)24(2,26)27/h10-18H,3-9H2,1-2H3/t17-,18-. The molecule has 1 fully saturated rings. The Kier molecular flexibility index (Phi) is 6.29. The molecule has 1 aliphatic carbocycles. The Hall–Kier alpha value is -1.77. The van der Waals surface area contributed by atoms with Crippen LogP contribution in [0.5, 0.6) is 0 Å². The van der Waals surface area contributed by atoms with Crippen molar-refractivity contribution in [1.29, 1.82) is 0 Å². The van der Waals surface area contributed by atoms with E-state index in [0.717, 1.165) is 18.4 Å². The van der Waals surface area contributed by atoms with Crippen LogP contribution in [-0.2, 0) is 5.92 Å². The van der Waals surface area contributed by atoms with Gasteiger partial charge in [0.05, 0.1) is 5.56 Å². The maximum Gasteiger partial charge on any atom is 0.273 e. The van der Waals surface area contributed by atoms with Gasteiger partial charge in [-0.25, -0.2) is 13.2 Å². The van der Waals surface area contributed by atoms with Crippen molar-refractivity contribution in [3.8, 4) is 11.1 Å². The number of alkyl halides is 2. The minimum absolute atomic E-state index is 0.553. The lowest BCUT2D eigenvalue weighted by atomic mass is 9.77. The minimum atomic E-state index is -3.16. The summed E-state index contributed by atoms with van der Waals surface area (Å²) in [5, 5.41) is 0. The fraction of sp³-hybridized carbons (Fsp3) is 0.500. The molecule has 0 nitrogen and oxygen atoms in total. The van der Waals surface area contributed by atoms with Crippen molar-refractivity contribution in [3.63, 3.8) is 0 Å². The lowest BCUT2D eigenvalue weighted by Gasteiger charge is -2.29. The molecule has 0 spiro atoms. The van der Waals surface area contributed by atoms with Gasteiger partial charge in [0, 0.05) is 6.92 Å². The first-order valence-corrected chi connectivity index (χ1v) is 10.2. The fourth-order valence-corrected chi connectivity index (χ4v) is 4.28. The van der Waals surface area contributed by atoms with Gasteiger partial charge >= 0.3 is 0 Å². The summed E-state index contributed by atoms with van der Waals surface area (Å²) >= 11 is 0. The Bertz CT molecular complexity index is 735. The second-order valence-corrected chi connectivity index (χ2v) is 8.06. The average molecular weight is 374 g/mol. The molecule has 0 N–H and O–H groups in total. The molecule has 2 aromatic carbocycles. The third kappa shape index (κ3) is 4.94. The summed E-state index contributed by atoms with van der Waals surface area (Å²) in [4.78, 5) is 0. The van der Waals surface area contributed by atoms with Crippen LogP contribution in [0.15, 0.2) is 42.5 Å². The summed E-state index contributed by atoms with van der Waals surface area (Å²) in [7, 11) is 0. The van der Waals surface area contributed by atoms with Gasteiger partial charge in [-0.3, -0.25) is 0 Å². The van der Waals surface area contributed by atoms with Crippen molar-refractivity contribution in [2.45, 2.75) is 70.6 Å². The van der Waals surface area contributed by atoms with Gasteiger partial charge in [0.15, 0.2) is 0 Å². The van der Waals surface area contributed by atoms with Gasteiger partial charge in [-0.05, 0) is 66.3 Å². The van der Waals surface area contributed by atoms with E-state index in [2.05, 4.69) is 19.1 Å². The predicted molar refractivity (Wildman–Crippen MR) is 106 cm³/mol. The lowest BCUT2D eigenvalue weighted by Crippen LogP contribution is -2.13. The molecule has 2 aromatic rings. The van der Waals surface area contributed by atoms with Gasteiger partial charge in [-0.15, -0.1) is 0 Å². The van der Waals surface area contributed by atoms with Gasteiger partial charge in [-0.2, -0.15) is 0 Å². The van der Waals surface area contributed by atoms with E-state index in [0.29, 0.717) is 11.5 Å². The van der Waals surface area contributed by atoms with Crippen molar-refractivity contribution in [1.82, 2.24) is 0 Å². The number of hydrogen-bond donors (Lipinski definition) is 0. The van der Waals surface area contributed by atoms with Crippen LogP contribution in [0.4, 0.5) is 13.2 Å². The number of halogens is 3. The van der Waals surface area contributed by atoms with Crippen molar-refractivity contribution in [2.75, 3.05) is 0 Å². The highest BCUT2D eigenvalue weighted by molar-refractivity contribution is 5.64. The SMILES string of the molecule is CCCC[C@H]1CC[C@H](c2ccc(-c3ccc(C(C)(F)F)c(F)c3)cc2)CC1. The molecule has 1 aliphatic rings. The molecule has 0 saturated heterocycles. The van der Waals surface area contributed by atoms with E-state index < -0.39 is 17.3 Å². The van der Waals surface area contributed by atoms with Crippen molar-refractivity contribution in [2.24, 2.45) is 5.92 Å². The van der Waals surface area contributed by atoms with E-state index in [1.807, 2.05) is 12.1 Å². The smallest absolute Gasteiger partial charge is 0.206 e. The molecule has 146 valence electrons. The van der Waals surface area contributed by atoms with Gasteiger partial charge in [0.25, 0.3) is 5.92 Å². The molecule has 0 aromatic heterocycles. The summed E-state index contributed by atoms with van der Waals surface area (Å²) in [6.07, 6.45) is 9.07. The highest BCUT2D eigenvalue weighted by Gasteiger charge is 2.28. The van der Waals surface area contributed by atoms with Crippen LogP contribution in [0, 0.1) is 11.7 Å². The monoisotopic (exact) mass is 374 g/mol. The maximum atomic E-state index is 14.0. The summed E-state index contributed by atoms with van der Waals surface area (Å²) < 4.78 is 40.8. The third-order valence-electron chi connectivity index (χ3n) is 5.97. The zero-order valence-corrected chi connectivity index (χ0v) is 16.3. The summed E-state index contributed by atoms with van der Waals surface area (Å²) in [5.74, 6) is -2.52. The third-order valence-corrected chi connectivity index (χ3v) is 5.97. The second kappa shape index (κ2) is 8.50. The molecule has 0 amide bonds. The number of benzene rings is 2. The van der Waals surface area contributed by atoms with Gasteiger partial charge < -0.3 is 0 Å². The quantitative estimate of drug-likeness (QED) is 0.479. The molecule has 0 heterocycles. The normalized spacial score (nSPS) is 20.6. The maximum absolute atomic E-state index is 14.0. The Balaban J connectivity index is 1.67. The average Bonchev–Trinajstić information content (AvgIpc) is 2.66. The second-order valence-electron chi connectivity index (χ2n) is 8.06. The molecule has 3 rings (SSSR count). The topological polar surface area (TPSA) is 0 Å². The van der Waals surface area contributed by atoms with Crippen LogP contribution in [0.2, 0.25) is 0 Å². The first-order valence-electron chi connectivity index (χ1n) is 10.2. The van der Waals surface area contributed by atoms with Crippen LogP contribution >= 0.6 is 0 Å². The van der Waals surface area contributed by atoms with Crippen LogP contribution in [0.3, 0.4) is 0 Å². The number of rotatable bonds is 6. The molecule has 0 atom stereocenters. The summed E-state index contributed by atoms with van der Waals surface area (Å²) in [5.41, 5.74) is 2.28. The first kappa shape index (κ1) is 20.0. The first-order chi connectivity index (χ1) is 12.9. The molecule has 0 radical (unpaired) electrons. The number of unbranched alkanes of at least 4 members (excludes halogenated alkanes) is 1. The van der Waals surface area contributed by atoms with E-state index >= 15 is 0 Å². The van der Waals surface area contributed by atoms with Crippen molar-refractivity contribution in [3.05, 3.63) is 59.4 Å². The largest absolute Gasteiger partial charge is 0.273 e. The van der Waals surface area contributed by atoms with E-state index in [9.17, 15) is 13.2 Å². The lowest BCUT2D eigenvalue weighted by molar-refractivity contribution is 0.0138. The molecule has 0 aliphatic heterocycles. The van der Waals surface area contributed by atoms with E-state index in [-0.39, 0.29) is 0 Å². The fourth-order valence-electron chi connectivity index (χ4n) is 4.28. The zero-order chi connectivity index (χ0) is 19.4. The molecular weight excluding hydrogens is 345 g/mol. The Morgan fingerprint density at radius 3 is 2.11 bits per heavy atom. The molecule has 1 saturated carbocycles. The molecular formula is C24H29F3. The summed E-state index contributed by atoms with van der Waals surface area (Å²) in [6, 6.07) is 12.2. The van der Waals surface area contributed by atoms with E-state index in [1.54, 1.807) is 6.07 Å². The van der Waals surface area contributed by atoms with Gasteiger partial charge in [-0.1, -0.05) is 56.5 Å². The van der Waals surface area contributed by atoms with Crippen LogP contribution < -0.4 is 0 Å². The molecule has 0 unspecified atom stereocenters. The van der Waals surface area contributed by atoms with Gasteiger partial charge in [0.2, 0.25) is 0 Å². The molecule has 3 heteroatoms. The Morgan fingerprint density at radius 2 is 1.56 bits per heavy atom. The highest BCUT2D eigenvalue weighted by Crippen LogP contribution is 2.38. The Morgan fingerprint density at radius 1 is 0.926 bits per heavy atom. The molecule has 0 bridgehead atoms. The predicted octanol–water partition coefficient (Wildman–Crippen LogP) is 8.07. The minimum Gasteiger partial charge on any atom is -0.206 e. The van der Waals surface area contributed by atoms with Crippen molar-refractivity contribution >= 4 is 0 Å². The highest BCUT2D eigenvalue weighted by atomic mass is 19.3. The van der Waals surface area contributed by atoms with Crippen LogP contribution in [0.25, 0.3) is 11.1 Å².